The highest BCUT2D eigenvalue weighted by molar-refractivity contribution is 5.35. The molecule has 0 spiro atoms. The fourth-order valence-corrected chi connectivity index (χ4v) is 2.08. The van der Waals surface area contributed by atoms with E-state index in [1.807, 2.05) is 24.3 Å². The van der Waals surface area contributed by atoms with Crippen molar-refractivity contribution in [3.8, 4) is 0 Å². The number of non-ortho nitro benzene ring substituents is 1. The second kappa shape index (κ2) is 6.77. The van der Waals surface area contributed by atoms with E-state index in [0.29, 0.717) is 6.54 Å². The highest BCUT2D eigenvalue weighted by Gasteiger charge is 2.13. The molecule has 0 saturated carbocycles. The summed E-state index contributed by atoms with van der Waals surface area (Å²) >= 11 is 0. The van der Waals surface area contributed by atoms with Crippen molar-refractivity contribution in [2.45, 2.75) is 25.9 Å². The topological polar surface area (TPSA) is 68.1 Å². The minimum atomic E-state index is -0.366. The van der Waals surface area contributed by atoms with Crippen LogP contribution in [0.15, 0.2) is 48.7 Å². The molecule has 5 heteroatoms. The van der Waals surface area contributed by atoms with Crippen molar-refractivity contribution in [3.05, 3.63) is 70.0 Å². The third kappa shape index (κ3) is 3.61. The molecule has 0 amide bonds. The van der Waals surface area contributed by atoms with E-state index in [0.717, 1.165) is 17.7 Å². The first-order valence-electron chi connectivity index (χ1n) is 6.58. The lowest BCUT2D eigenvalue weighted by Crippen LogP contribution is -2.20. The lowest BCUT2D eigenvalue weighted by atomic mass is 10.0. The molecule has 0 aliphatic carbocycles. The van der Waals surface area contributed by atoms with Gasteiger partial charge in [-0.3, -0.25) is 15.1 Å². The van der Waals surface area contributed by atoms with Crippen LogP contribution in [0.5, 0.6) is 0 Å². The predicted octanol–water partition coefficient (Wildman–Crippen LogP) is 3.23. The van der Waals surface area contributed by atoms with Gasteiger partial charge in [0.2, 0.25) is 0 Å². The van der Waals surface area contributed by atoms with Crippen molar-refractivity contribution in [1.29, 1.82) is 0 Å². The van der Waals surface area contributed by atoms with Crippen LogP contribution in [0.25, 0.3) is 0 Å². The van der Waals surface area contributed by atoms with Crippen molar-refractivity contribution in [2.75, 3.05) is 0 Å². The van der Waals surface area contributed by atoms with Crippen LogP contribution in [0, 0.1) is 10.1 Å². The van der Waals surface area contributed by atoms with Gasteiger partial charge in [-0.2, -0.15) is 0 Å². The fourth-order valence-electron chi connectivity index (χ4n) is 2.08. The van der Waals surface area contributed by atoms with E-state index in [-0.39, 0.29) is 16.7 Å². The van der Waals surface area contributed by atoms with Gasteiger partial charge in [-0.15, -0.1) is 0 Å². The van der Waals surface area contributed by atoms with Crippen molar-refractivity contribution in [2.24, 2.45) is 0 Å². The number of nitrogens with zero attached hydrogens (tertiary/aromatic N) is 2. The number of nitro groups is 1. The average molecular weight is 271 g/mol. The van der Waals surface area contributed by atoms with Crippen LogP contribution in [-0.4, -0.2) is 9.91 Å². The van der Waals surface area contributed by atoms with Gasteiger partial charge in [0, 0.05) is 30.9 Å². The molecule has 0 fully saturated rings. The Bertz CT molecular complexity index is 572. The Morgan fingerprint density at radius 3 is 2.80 bits per heavy atom. The van der Waals surface area contributed by atoms with Crippen molar-refractivity contribution in [1.82, 2.24) is 10.3 Å². The minimum Gasteiger partial charge on any atom is -0.304 e. The van der Waals surface area contributed by atoms with E-state index in [1.165, 1.54) is 6.07 Å². The van der Waals surface area contributed by atoms with Crippen LogP contribution >= 0.6 is 0 Å². The third-order valence-corrected chi connectivity index (χ3v) is 3.15. The molecule has 1 aromatic carbocycles. The zero-order valence-corrected chi connectivity index (χ0v) is 11.3. The van der Waals surface area contributed by atoms with Gasteiger partial charge in [-0.1, -0.05) is 25.1 Å². The molecule has 0 aliphatic heterocycles. The third-order valence-electron chi connectivity index (χ3n) is 3.15. The molecule has 1 heterocycles. The molecule has 20 heavy (non-hydrogen) atoms. The number of nitrogens with one attached hydrogen (secondary N) is 1. The lowest BCUT2D eigenvalue weighted by Gasteiger charge is -2.17. The van der Waals surface area contributed by atoms with Crippen molar-refractivity contribution >= 4 is 5.69 Å². The van der Waals surface area contributed by atoms with E-state index >= 15 is 0 Å². The highest BCUT2D eigenvalue weighted by Crippen LogP contribution is 2.21. The number of aromatic nitrogens is 1. The van der Waals surface area contributed by atoms with E-state index in [9.17, 15) is 10.1 Å². The Balaban J connectivity index is 2.08. The summed E-state index contributed by atoms with van der Waals surface area (Å²) < 4.78 is 0. The Morgan fingerprint density at radius 1 is 1.30 bits per heavy atom. The summed E-state index contributed by atoms with van der Waals surface area (Å²) in [4.78, 5) is 14.7. The van der Waals surface area contributed by atoms with Gasteiger partial charge in [0.1, 0.15) is 0 Å². The molecular weight excluding hydrogens is 254 g/mol. The summed E-state index contributed by atoms with van der Waals surface area (Å²) in [5.41, 5.74) is 2.01. The molecule has 0 bridgehead atoms. The van der Waals surface area contributed by atoms with Crippen LogP contribution in [-0.2, 0) is 6.54 Å². The molecule has 1 aromatic heterocycles. The minimum absolute atomic E-state index is 0.0805. The fraction of sp³-hybridized carbons (Fsp3) is 0.267. The van der Waals surface area contributed by atoms with Crippen LogP contribution in [0.2, 0.25) is 0 Å². The molecule has 104 valence electrons. The summed E-state index contributed by atoms with van der Waals surface area (Å²) in [6.07, 6.45) is 2.61. The van der Waals surface area contributed by atoms with Gasteiger partial charge < -0.3 is 5.32 Å². The van der Waals surface area contributed by atoms with Crippen LogP contribution in [0.3, 0.4) is 0 Å². The smallest absolute Gasteiger partial charge is 0.269 e. The van der Waals surface area contributed by atoms with Gasteiger partial charge in [-0.25, -0.2) is 0 Å². The van der Waals surface area contributed by atoms with Gasteiger partial charge in [-0.05, 0) is 24.1 Å². The maximum Gasteiger partial charge on any atom is 0.269 e. The maximum absolute atomic E-state index is 10.8. The van der Waals surface area contributed by atoms with Crippen molar-refractivity contribution in [3.63, 3.8) is 0 Å². The monoisotopic (exact) mass is 271 g/mol. The average Bonchev–Trinajstić information content (AvgIpc) is 2.49. The predicted molar refractivity (Wildman–Crippen MR) is 77.2 cm³/mol. The van der Waals surface area contributed by atoms with Gasteiger partial charge in [0.15, 0.2) is 0 Å². The van der Waals surface area contributed by atoms with Crippen LogP contribution in [0.1, 0.15) is 30.6 Å². The first kappa shape index (κ1) is 14.1. The lowest BCUT2D eigenvalue weighted by molar-refractivity contribution is -0.384. The van der Waals surface area contributed by atoms with E-state index < -0.39 is 0 Å². The standard InChI is InChI=1S/C15H17N3O2/c1-2-15(17-11-13-7-3-4-9-16-13)12-6-5-8-14(10-12)18(19)20/h3-10,15,17H,2,11H2,1H3/t15-/m0/s1. The van der Waals surface area contributed by atoms with Crippen LogP contribution in [0.4, 0.5) is 5.69 Å². The molecule has 0 saturated heterocycles. The second-order valence-corrected chi connectivity index (χ2v) is 4.51. The number of hydrogen-bond donors (Lipinski definition) is 1. The SMILES string of the molecule is CC[C@H](NCc1ccccn1)c1cccc([N+](=O)[O-])c1. The first-order chi connectivity index (χ1) is 9.70. The number of nitro benzene ring substituents is 1. The second-order valence-electron chi connectivity index (χ2n) is 4.51. The molecule has 1 N–H and O–H groups in total. The summed E-state index contributed by atoms with van der Waals surface area (Å²) in [6, 6.07) is 12.6. The molecule has 2 aromatic rings. The van der Waals surface area contributed by atoms with Gasteiger partial charge >= 0.3 is 0 Å². The molecular formula is C15H17N3O2. The molecule has 0 radical (unpaired) electrons. The molecule has 5 nitrogen and oxygen atoms in total. The summed E-state index contributed by atoms with van der Waals surface area (Å²) in [5, 5.41) is 14.2. The summed E-state index contributed by atoms with van der Waals surface area (Å²) in [7, 11) is 0. The van der Waals surface area contributed by atoms with Crippen molar-refractivity contribution < 1.29 is 4.92 Å². The number of rotatable bonds is 6. The van der Waals surface area contributed by atoms with Gasteiger partial charge in [0.05, 0.1) is 10.6 Å². The van der Waals surface area contributed by atoms with Crippen LogP contribution < -0.4 is 5.32 Å². The van der Waals surface area contributed by atoms with E-state index in [1.54, 1.807) is 18.3 Å². The number of pyridine rings is 1. The Labute approximate surface area is 117 Å². The molecule has 1 atom stereocenters. The summed E-state index contributed by atoms with van der Waals surface area (Å²) in [6.45, 7) is 2.69. The largest absolute Gasteiger partial charge is 0.304 e. The Kier molecular flexibility index (Phi) is 4.79. The molecule has 0 aliphatic rings. The number of hydrogen-bond acceptors (Lipinski definition) is 4. The molecule has 0 unspecified atom stereocenters. The Morgan fingerprint density at radius 2 is 2.15 bits per heavy atom. The Hall–Kier alpha value is -2.27. The normalized spacial score (nSPS) is 12.1. The summed E-state index contributed by atoms with van der Waals surface area (Å²) in [5.74, 6) is 0. The zero-order valence-electron chi connectivity index (χ0n) is 11.3. The molecule has 2 rings (SSSR count). The highest BCUT2D eigenvalue weighted by atomic mass is 16.6. The quantitative estimate of drug-likeness (QED) is 0.647. The zero-order chi connectivity index (χ0) is 14.4. The number of benzene rings is 1. The van der Waals surface area contributed by atoms with Gasteiger partial charge in [0.25, 0.3) is 5.69 Å². The maximum atomic E-state index is 10.8. The first-order valence-corrected chi connectivity index (χ1v) is 6.58. The van der Waals surface area contributed by atoms with E-state index in [4.69, 9.17) is 0 Å². The van der Waals surface area contributed by atoms with E-state index in [2.05, 4.69) is 17.2 Å².